The van der Waals surface area contributed by atoms with Crippen LogP contribution in [0.15, 0.2) is 53.7 Å². The molecule has 10 heteroatoms. The number of aromatic nitrogens is 3. The van der Waals surface area contributed by atoms with Crippen LogP contribution in [-0.4, -0.2) is 40.1 Å². The Hall–Kier alpha value is -3.37. The number of benzene rings is 1. The van der Waals surface area contributed by atoms with Gasteiger partial charge in [-0.2, -0.15) is 4.31 Å². The van der Waals surface area contributed by atoms with Crippen LogP contribution < -0.4 is 10.5 Å². The standard InChI is InChI=1S/C19H16N5O4S/c20-18(25)19-22-11-13-7-10-24(12-17(13)23-19)29(26,27)16-3-1-14(2-4-16)28-15-5-8-21-9-6-15/h1-6,8-9H,7,10,12H2,(H2,20,25). The number of amides is 1. The molecule has 0 saturated carbocycles. The topological polar surface area (TPSA) is 128 Å². The molecule has 2 N–H and O–H groups in total. The second-order valence-corrected chi connectivity index (χ2v) is 8.23. The van der Waals surface area contributed by atoms with Crippen LogP contribution in [0.3, 0.4) is 0 Å². The number of ether oxygens (including phenoxy) is 1. The smallest absolute Gasteiger partial charge is 0.286 e. The fourth-order valence-electron chi connectivity index (χ4n) is 2.91. The number of hydrogen-bond donors (Lipinski definition) is 1. The summed E-state index contributed by atoms with van der Waals surface area (Å²) in [6.45, 7) is 0.284. The minimum atomic E-state index is -3.75. The van der Waals surface area contributed by atoms with Gasteiger partial charge in [0.15, 0.2) is 0 Å². The van der Waals surface area contributed by atoms with Gasteiger partial charge in [-0.3, -0.25) is 9.78 Å². The maximum atomic E-state index is 13.0. The molecule has 0 saturated heterocycles. The monoisotopic (exact) mass is 410 g/mol. The Kier molecular flexibility index (Phi) is 4.95. The molecule has 1 radical (unpaired) electrons. The number of carbonyl (C=O) groups is 1. The number of rotatable bonds is 5. The third-order valence-corrected chi connectivity index (χ3v) is 6.25. The molecule has 1 aliphatic heterocycles. The number of carbonyl (C=O) groups excluding carboxylic acids is 1. The van der Waals surface area contributed by atoms with Crippen molar-refractivity contribution < 1.29 is 17.9 Å². The highest BCUT2D eigenvalue weighted by Gasteiger charge is 2.30. The van der Waals surface area contributed by atoms with Crippen LogP contribution in [0.2, 0.25) is 0 Å². The number of nitrogens with zero attached hydrogens (tertiary/aromatic N) is 4. The summed E-state index contributed by atoms with van der Waals surface area (Å²) in [7, 11) is -3.75. The molecule has 0 bridgehead atoms. The molecule has 0 spiro atoms. The summed E-state index contributed by atoms with van der Waals surface area (Å²) >= 11 is 0. The van der Waals surface area contributed by atoms with Crippen molar-refractivity contribution in [2.75, 3.05) is 6.54 Å². The van der Waals surface area contributed by atoms with E-state index in [0.717, 1.165) is 0 Å². The summed E-state index contributed by atoms with van der Waals surface area (Å²) in [5, 5.41) is 0. The Morgan fingerprint density at radius 2 is 1.79 bits per heavy atom. The van der Waals surface area contributed by atoms with Gasteiger partial charge >= 0.3 is 0 Å². The molecule has 4 rings (SSSR count). The van der Waals surface area contributed by atoms with Crippen molar-refractivity contribution in [3.05, 3.63) is 72.1 Å². The number of hydrogen-bond acceptors (Lipinski definition) is 7. The van der Waals surface area contributed by atoms with Gasteiger partial charge in [0, 0.05) is 24.5 Å². The first kappa shape index (κ1) is 19.0. The zero-order valence-electron chi connectivity index (χ0n) is 15.1. The Morgan fingerprint density at radius 1 is 1.10 bits per heavy atom. The zero-order chi connectivity index (χ0) is 20.4. The van der Waals surface area contributed by atoms with Crippen LogP contribution in [0, 0.1) is 6.20 Å². The maximum absolute atomic E-state index is 13.0. The Bertz CT molecular complexity index is 1150. The van der Waals surface area contributed by atoms with Crippen LogP contribution in [0.4, 0.5) is 0 Å². The van der Waals surface area contributed by atoms with Crippen molar-refractivity contribution in [3.8, 4) is 11.5 Å². The molecule has 1 aromatic carbocycles. The highest BCUT2D eigenvalue weighted by molar-refractivity contribution is 7.89. The molecule has 1 aliphatic rings. The predicted molar refractivity (Wildman–Crippen MR) is 101 cm³/mol. The summed E-state index contributed by atoms with van der Waals surface area (Å²) in [5.74, 6) is 0.145. The molecule has 147 valence electrons. The fourth-order valence-corrected chi connectivity index (χ4v) is 4.31. The van der Waals surface area contributed by atoms with E-state index in [9.17, 15) is 13.2 Å². The molecule has 0 unspecified atom stereocenters. The van der Waals surface area contributed by atoms with E-state index in [0.29, 0.717) is 29.2 Å². The summed E-state index contributed by atoms with van der Waals surface area (Å²) in [6.07, 6.45) is 6.33. The number of fused-ring (bicyclic) bond motifs is 1. The van der Waals surface area contributed by atoms with Crippen molar-refractivity contribution in [1.82, 2.24) is 19.3 Å². The molecule has 2 aromatic heterocycles. The molecule has 0 fully saturated rings. The molecule has 29 heavy (non-hydrogen) atoms. The molecular weight excluding hydrogens is 394 g/mol. The van der Waals surface area contributed by atoms with Gasteiger partial charge in [0.25, 0.3) is 5.91 Å². The first-order valence-electron chi connectivity index (χ1n) is 8.69. The highest BCUT2D eigenvalue weighted by Crippen LogP contribution is 2.26. The van der Waals surface area contributed by atoms with Gasteiger partial charge in [0.2, 0.25) is 15.8 Å². The zero-order valence-corrected chi connectivity index (χ0v) is 16.0. The Balaban J connectivity index is 1.54. The van der Waals surface area contributed by atoms with Gasteiger partial charge < -0.3 is 10.5 Å². The molecular formula is C19H16N5O4S. The van der Waals surface area contributed by atoms with Crippen LogP contribution in [0.5, 0.6) is 11.5 Å². The van der Waals surface area contributed by atoms with Crippen molar-refractivity contribution in [2.45, 2.75) is 17.9 Å². The summed E-state index contributed by atoms with van der Waals surface area (Å²) in [5.41, 5.74) is 6.31. The Morgan fingerprint density at radius 3 is 2.48 bits per heavy atom. The highest BCUT2D eigenvalue weighted by atomic mass is 32.2. The molecule has 3 heterocycles. The third kappa shape index (κ3) is 3.93. The molecule has 0 aliphatic carbocycles. The van der Waals surface area contributed by atoms with Gasteiger partial charge in [-0.1, -0.05) is 0 Å². The lowest BCUT2D eigenvalue weighted by atomic mass is 10.1. The number of nitrogens with two attached hydrogens (primary N) is 1. The maximum Gasteiger partial charge on any atom is 0.286 e. The van der Waals surface area contributed by atoms with E-state index in [1.54, 1.807) is 36.7 Å². The fraction of sp³-hybridized carbons (Fsp3) is 0.158. The van der Waals surface area contributed by atoms with Crippen molar-refractivity contribution in [2.24, 2.45) is 5.73 Å². The van der Waals surface area contributed by atoms with Gasteiger partial charge in [-0.25, -0.2) is 18.4 Å². The SMILES string of the molecule is NC(=O)c1n[c]c2c(n1)CN(S(=O)(=O)c1ccc(Oc3ccncc3)cc1)CC2. The minimum absolute atomic E-state index is 0.0201. The lowest BCUT2D eigenvalue weighted by molar-refractivity contribution is 0.0989. The summed E-state index contributed by atoms with van der Waals surface area (Å²) in [6, 6.07) is 9.56. The van der Waals surface area contributed by atoms with E-state index in [-0.39, 0.29) is 23.8 Å². The van der Waals surface area contributed by atoms with Gasteiger partial charge in [-0.05, 0) is 42.8 Å². The van der Waals surface area contributed by atoms with E-state index in [4.69, 9.17) is 10.5 Å². The van der Waals surface area contributed by atoms with E-state index < -0.39 is 15.9 Å². The lowest BCUT2D eigenvalue weighted by Crippen LogP contribution is -2.37. The lowest BCUT2D eigenvalue weighted by Gasteiger charge is -2.27. The van der Waals surface area contributed by atoms with E-state index in [1.807, 2.05) is 0 Å². The number of pyridine rings is 1. The van der Waals surface area contributed by atoms with Gasteiger partial charge in [0.05, 0.1) is 23.3 Å². The minimum Gasteiger partial charge on any atom is -0.457 e. The van der Waals surface area contributed by atoms with Crippen LogP contribution in [0.1, 0.15) is 21.9 Å². The van der Waals surface area contributed by atoms with E-state index >= 15 is 0 Å². The average molecular weight is 410 g/mol. The van der Waals surface area contributed by atoms with Crippen LogP contribution in [0.25, 0.3) is 0 Å². The first-order valence-corrected chi connectivity index (χ1v) is 10.1. The molecule has 0 atom stereocenters. The molecule has 9 nitrogen and oxygen atoms in total. The van der Waals surface area contributed by atoms with Crippen molar-refractivity contribution in [3.63, 3.8) is 0 Å². The number of sulfonamides is 1. The molecule has 3 aromatic rings. The second-order valence-electron chi connectivity index (χ2n) is 6.29. The summed E-state index contributed by atoms with van der Waals surface area (Å²) in [4.78, 5) is 23.2. The third-order valence-electron chi connectivity index (χ3n) is 4.39. The van der Waals surface area contributed by atoms with Gasteiger partial charge in [0.1, 0.15) is 11.5 Å². The number of primary amides is 1. The normalized spacial score (nSPS) is 14.2. The van der Waals surface area contributed by atoms with E-state index in [2.05, 4.69) is 21.1 Å². The van der Waals surface area contributed by atoms with Gasteiger partial charge in [-0.15, -0.1) is 0 Å². The Labute approximate surface area is 167 Å². The average Bonchev–Trinajstić information content (AvgIpc) is 2.74. The molecule has 1 amide bonds. The van der Waals surface area contributed by atoms with Crippen molar-refractivity contribution >= 4 is 15.9 Å². The van der Waals surface area contributed by atoms with Crippen LogP contribution >= 0.6 is 0 Å². The largest absolute Gasteiger partial charge is 0.457 e. The van der Waals surface area contributed by atoms with Crippen molar-refractivity contribution in [1.29, 1.82) is 0 Å². The second kappa shape index (κ2) is 7.57. The van der Waals surface area contributed by atoms with E-state index in [1.165, 1.54) is 16.4 Å². The van der Waals surface area contributed by atoms with Crippen LogP contribution in [-0.2, 0) is 23.0 Å². The quantitative estimate of drug-likeness (QED) is 0.671. The summed E-state index contributed by atoms with van der Waals surface area (Å²) < 4.78 is 33.0. The first-order chi connectivity index (χ1) is 13.9. The predicted octanol–water partition coefficient (Wildman–Crippen LogP) is 1.31.